The number of benzene rings is 1. The number of anilines is 2. The lowest BCUT2D eigenvalue weighted by molar-refractivity contribution is -0.120. The molecule has 1 heterocycles. The topological polar surface area (TPSA) is 79.5 Å². The van der Waals surface area contributed by atoms with Crippen LogP contribution < -0.4 is 20.7 Å². The molecule has 6 nitrogen and oxygen atoms in total. The van der Waals surface area contributed by atoms with Crippen LogP contribution >= 0.6 is 0 Å². The van der Waals surface area contributed by atoms with Crippen molar-refractivity contribution in [3.63, 3.8) is 0 Å². The molecule has 2 atom stereocenters. The third kappa shape index (κ3) is 4.21. The zero-order chi connectivity index (χ0) is 16.1. The number of amides is 2. The summed E-state index contributed by atoms with van der Waals surface area (Å²) in [4.78, 5) is 23.6. The van der Waals surface area contributed by atoms with Crippen LogP contribution in [0.1, 0.15) is 26.7 Å². The number of carbonyl (C=O) groups excluding carboxylic acids is 2. The van der Waals surface area contributed by atoms with Crippen molar-refractivity contribution >= 4 is 23.2 Å². The van der Waals surface area contributed by atoms with Gasteiger partial charge in [-0.1, -0.05) is 0 Å². The molecule has 1 aliphatic rings. The van der Waals surface area contributed by atoms with E-state index < -0.39 is 0 Å². The van der Waals surface area contributed by atoms with Gasteiger partial charge in [-0.2, -0.15) is 0 Å². The molecule has 1 aromatic rings. The van der Waals surface area contributed by atoms with Crippen LogP contribution in [0.5, 0.6) is 5.75 Å². The standard InChI is InChI=1S/C16H23N3O3/c1-10-8-12(6-7-17-10)16(21)19-13-4-5-15(22-3)14(9-13)18-11(2)20/h4-5,9-10,12,17H,6-8H2,1-3H3,(H,18,20)(H,19,21)/t10-,12-/m0/s1. The predicted octanol–water partition coefficient (Wildman–Crippen LogP) is 1.98. The quantitative estimate of drug-likeness (QED) is 0.794. The van der Waals surface area contributed by atoms with Gasteiger partial charge in [0.15, 0.2) is 0 Å². The molecule has 120 valence electrons. The molecule has 1 aromatic carbocycles. The van der Waals surface area contributed by atoms with E-state index in [9.17, 15) is 9.59 Å². The highest BCUT2D eigenvalue weighted by molar-refractivity contribution is 5.95. The zero-order valence-electron chi connectivity index (χ0n) is 13.2. The van der Waals surface area contributed by atoms with Crippen LogP contribution in [0.4, 0.5) is 11.4 Å². The van der Waals surface area contributed by atoms with Gasteiger partial charge in [0.1, 0.15) is 5.75 Å². The molecule has 22 heavy (non-hydrogen) atoms. The third-order valence-electron chi connectivity index (χ3n) is 3.77. The number of ether oxygens (including phenoxy) is 1. The van der Waals surface area contributed by atoms with Gasteiger partial charge < -0.3 is 20.7 Å². The second-order valence-electron chi connectivity index (χ2n) is 5.66. The van der Waals surface area contributed by atoms with Gasteiger partial charge in [0.25, 0.3) is 0 Å². The summed E-state index contributed by atoms with van der Waals surface area (Å²) in [5.41, 5.74) is 1.20. The highest BCUT2D eigenvalue weighted by Gasteiger charge is 2.24. The summed E-state index contributed by atoms with van der Waals surface area (Å²) in [5, 5.41) is 8.96. The second kappa shape index (κ2) is 7.26. The molecule has 0 bridgehead atoms. The molecule has 0 saturated carbocycles. The molecule has 3 N–H and O–H groups in total. The average Bonchev–Trinajstić information content (AvgIpc) is 2.47. The molecule has 2 rings (SSSR count). The van der Waals surface area contributed by atoms with Crippen LogP contribution in [0.25, 0.3) is 0 Å². The Bertz CT molecular complexity index is 560. The maximum atomic E-state index is 12.3. The number of rotatable bonds is 4. The molecule has 0 radical (unpaired) electrons. The van der Waals surface area contributed by atoms with Crippen molar-refractivity contribution in [2.75, 3.05) is 24.3 Å². The van der Waals surface area contributed by atoms with Crippen molar-refractivity contribution in [3.05, 3.63) is 18.2 Å². The van der Waals surface area contributed by atoms with Crippen molar-refractivity contribution in [1.29, 1.82) is 0 Å². The first-order chi connectivity index (χ1) is 10.5. The van der Waals surface area contributed by atoms with Gasteiger partial charge >= 0.3 is 0 Å². The monoisotopic (exact) mass is 305 g/mol. The van der Waals surface area contributed by atoms with E-state index in [-0.39, 0.29) is 17.7 Å². The number of carbonyl (C=O) groups is 2. The van der Waals surface area contributed by atoms with Crippen LogP contribution in [0.2, 0.25) is 0 Å². The Hall–Kier alpha value is -2.08. The first kappa shape index (κ1) is 16.3. The van der Waals surface area contributed by atoms with E-state index in [1.54, 1.807) is 18.2 Å². The Morgan fingerprint density at radius 1 is 1.32 bits per heavy atom. The van der Waals surface area contributed by atoms with E-state index in [1.807, 2.05) is 0 Å². The Morgan fingerprint density at radius 3 is 2.73 bits per heavy atom. The van der Waals surface area contributed by atoms with E-state index in [2.05, 4.69) is 22.9 Å². The lowest BCUT2D eigenvalue weighted by atomic mass is 9.92. The number of hydrogen-bond donors (Lipinski definition) is 3. The summed E-state index contributed by atoms with van der Waals surface area (Å²) in [6.07, 6.45) is 1.67. The van der Waals surface area contributed by atoms with E-state index >= 15 is 0 Å². The first-order valence-electron chi connectivity index (χ1n) is 7.49. The molecule has 0 aliphatic carbocycles. The number of methoxy groups -OCH3 is 1. The minimum absolute atomic E-state index is 0.0163. The van der Waals surface area contributed by atoms with Crippen LogP contribution in [0, 0.1) is 5.92 Å². The van der Waals surface area contributed by atoms with Crippen LogP contribution in [-0.4, -0.2) is 31.5 Å². The zero-order valence-corrected chi connectivity index (χ0v) is 13.2. The van der Waals surface area contributed by atoms with Gasteiger partial charge in [-0.25, -0.2) is 0 Å². The Morgan fingerprint density at radius 2 is 2.09 bits per heavy atom. The van der Waals surface area contributed by atoms with Crippen molar-refractivity contribution < 1.29 is 14.3 Å². The average molecular weight is 305 g/mol. The summed E-state index contributed by atoms with van der Waals surface area (Å²) in [5.74, 6) is 0.410. The lowest BCUT2D eigenvalue weighted by Crippen LogP contribution is -2.40. The number of hydrogen-bond acceptors (Lipinski definition) is 4. The number of piperidine rings is 1. The molecule has 6 heteroatoms. The largest absolute Gasteiger partial charge is 0.495 e. The number of nitrogens with one attached hydrogen (secondary N) is 3. The summed E-state index contributed by atoms with van der Waals surface area (Å²) >= 11 is 0. The molecular weight excluding hydrogens is 282 g/mol. The fourth-order valence-corrected chi connectivity index (χ4v) is 2.69. The Labute approximate surface area is 130 Å². The highest BCUT2D eigenvalue weighted by atomic mass is 16.5. The van der Waals surface area contributed by atoms with Gasteiger partial charge in [0.05, 0.1) is 12.8 Å². The van der Waals surface area contributed by atoms with Gasteiger partial charge in [-0.05, 0) is 44.5 Å². The molecule has 0 unspecified atom stereocenters. The van der Waals surface area contributed by atoms with Crippen LogP contribution in [0.3, 0.4) is 0 Å². The Kier molecular flexibility index (Phi) is 5.38. The fourth-order valence-electron chi connectivity index (χ4n) is 2.69. The summed E-state index contributed by atoms with van der Waals surface area (Å²) < 4.78 is 5.20. The molecule has 2 amide bonds. The molecule has 0 aromatic heterocycles. The molecule has 1 aliphatic heterocycles. The highest BCUT2D eigenvalue weighted by Crippen LogP contribution is 2.28. The maximum Gasteiger partial charge on any atom is 0.227 e. The van der Waals surface area contributed by atoms with Crippen molar-refractivity contribution in [1.82, 2.24) is 5.32 Å². The predicted molar refractivity (Wildman–Crippen MR) is 86.1 cm³/mol. The normalized spacial score (nSPS) is 21.0. The van der Waals surface area contributed by atoms with Gasteiger partial charge in [-0.15, -0.1) is 0 Å². The smallest absolute Gasteiger partial charge is 0.227 e. The summed E-state index contributed by atoms with van der Waals surface area (Å²) in [6, 6.07) is 5.57. The molecule has 1 saturated heterocycles. The van der Waals surface area contributed by atoms with Crippen molar-refractivity contribution in [3.8, 4) is 5.75 Å². The third-order valence-corrected chi connectivity index (χ3v) is 3.77. The van der Waals surface area contributed by atoms with Crippen LogP contribution in [-0.2, 0) is 9.59 Å². The van der Waals surface area contributed by atoms with Gasteiger partial charge in [0, 0.05) is 24.6 Å². The van der Waals surface area contributed by atoms with Gasteiger partial charge in [-0.3, -0.25) is 9.59 Å². The van der Waals surface area contributed by atoms with E-state index in [4.69, 9.17) is 4.74 Å². The minimum atomic E-state index is -0.186. The minimum Gasteiger partial charge on any atom is -0.495 e. The van der Waals surface area contributed by atoms with Gasteiger partial charge in [0.2, 0.25) is 11.8 Å². The molecular formula is C16H23N3O3. The summed E-state index contributed by atoms with van der Waals surface area (Å²) in [6.45, 7) is 4.38. The first-order valence-corrected chi connectivity index (χ1v) is 7.49. The molecule has 1 fully saturated rings. The van der Waals surface area contributed by atoms with Crippen molar-refractivity contribution in [2.24, 2.45) is 5.92 Å². The lowest BCUT2D eigenvalue weighted by Gasteiger charge is -2.27. The molecule has 0 spiro atoms. The SMILES string of the molecule is COc1ccc(NC(=O)[C@H]2CCN[C@@H](C)C2)cc1NC(C)=O. The van der Waals surface area contributed by atoms with E-state index in [1.165, 1.54) is 14.0 Å². The van der Waals surface area contributed by atoms with E-state index in [0.717, 1.165) is 19.4 Å². The van der Waals surface area contributed by atoms with Crippen molar-refractivity contribution in [2.45, 2.75) is 32.7 Å². The van der Waals surface area contributed by atoms with Crippen LogP contribution in [0.15, 0.2) is 18.2 Å². The van der Waals surface area contributed by atoms with E-state index in [0.29, 0.717) is 23.2 Å². The Balaban J connectivity index is 2.08. The second-order valence-corrected chi connectivity index (χ2v) is 5.66. The fraction of sp³-hybridized carbons (Fsp3) is 0.500. The summed E-state index contributed by atoms with van der Waals surface area (Å²) in [7, 11) is 1.54. The maximum absolute atomic E-state index is 12.3.